The van der Waals surface area contributed by atoms with Crippen LogP contribution in [0.1, 0.15) is 31.8 Å². The predicted octanol–water partition coefficient (Wildman–Crippen LogP) is 3.10. The topological polar surface area (TPSA) is 94.8 Å². The highest BCUT2D eigenvalue weighted by molar-refractivity contribution is 9.10. The Balaban J connectivity index is 2.64. The number of aromatic carboxylic acids is 1. The number of ketones is 1. The van der Waals surface area contributed by atoms with E-state index in [0.29, 0.717) is 0 Å². The lowest BCUT2D eigenvalue weighted by Gasteiger charge is -2.11. The second-order valence-corrected chi connectivity index (χ2v) is 5.26. The first-order valence-electron chi connectivity index (χ1n) is 5.92. The Morgan fingerprint density at radius 1 is 1.00 bits per heavy atom. The number of benzene rings is 2. The van der Waals surface area contributed by atoms with Crippen molar-refractivity contribution in [3.05, 3.63) is 57.1 Å². The highest BCUT2D eigenvalue weighted by atomic mass is 79.9. The molecule has 0 aromatic heterocycles. The standard InChI is InChI=1S/C15H11BrO5/c1-7-12(17)10(6-11(16)13(7)18)14(19)8-4-2-3-5-9(8)15(20)21/h2-6,17-18H,1H3,(H,20,21). The average molecular weight is 351 g/mol. The van der Waals surface area contributed by atoms with Crippen LogP contribution in [0.3, 0.4) is 0 Å². The van der Waals surface area contributed by atoms with Gasteiger partial charge < -0.3 is 15.3 Å². The minimum absolute atomic E-state index is 0.0303. The monoisotopic (exact) mass is 350 g/mol. The van der Waals surface area contributed by atoms with Gasteiger partial charge in [-0.2, -0.15) is 0 Å². The Morgan fingerprint density at radius 2 is 1.57 bits per heavy atom. The largest absolute Gasteiger partial charge is 0.507 e. The molecule has 2 aromatic carbocycles. The molecule has 0 atom stereocenters. The van der Waals surface area contributed by atoms with Gasteiger partial charge in [0.2, 0.25) is 0 Å². The van der Waals surface area contributed by atoms with Crippen LogP contribution >= 0.6 is 15.9 Å². The van der Waals surface area contributed by atoms with E-state index in [1.54, 1.807) is 6.07 Å². The van der Waals surface area contributed by atoms with Gasteiger partial charge in [0.1, 0.15) is 11.5 Å². The van der Waals surface area contributed by atoms with Crippen LogP contribution in [0.5, 0.6) is 11.5 Å². The van der Waals surface area contributed by atoms with E-state index in [-0.39, 0.29) is 38.2 Å². The van der Waals surface area contributed by atoms with Crippen LogP contribution in [0.15, 0.2) is 34.8 Å². The lowest BCUT2D eigenvalue weighted by Crippen LogP contribution is -2.10. The van der Waals surface area contributed by atoms with Crippen LogP contribution in [-0.2, 0) is 0 Å². The summed E-state index contributed by atoms with van der Waals surface area (Å²) in [5.41, 5.74) is -0.118. The third-order valence-electron chi connectivity index (χ3n) is 3.11. The van der Waals surface area contributed by atoms with Crippen molar-refractivity contribution < 1.29 is 24.9 Å². The van der Waals surface area contributed by atoms with E-state index in [0.717, 1.165) is 0 Å². The van der Waals surface area contributed by atoms with Crippen LogP contribution in [0.25, 0.3) is 0 Å². The summed E-state index contributed by atoms with van der Waals surface area (Å²) < 4.78 is 0.244. The molecule has 108 valence electrons. The Bertz CT molecular complexity index is 752. The summed E-state index contributed by atoms with van der Waals surface area (Å²) in [6.45, 7) is 1.45. The molecule has 2 rings (SSSR count). The smallest absolute Gasteiger partial charge is 0.336 e. The fourth-order valence-corrected chi connectivity index (χ4v) is 2.47. The van der Waals surface area contributed by atoms with E-state index in [2.05, 4.69) is 15.9 Å². The molecular formula is C15H11BrO5. The second-order valence-electron chi connectivity index (χ2n) is 4.41. The van der Waals surface area contributed by atoms with Crippen molar-refractivity contribution in [1.29, 1.82) is 0 Å². The molecule has 0 fully saturated rings. The second kappa shape index (κ2) is 5.57. The summed E-state index contributed by atoms with van der Waals surface area (Å²) in [7, 11) is 0. The molecule has 0 aliphatic rings. The minimum atomic E-state index is -1.23. The van der Waals surface area contributed by atoms with E-state index < -0.39 is 11.8 Å². The third-order valence-corrected chi connectivity index (χ3v) is 3.71. The molecule has 0 bridgehead atoms. The maximum Gasteiger partial charge on any atom is 0.336 e. The zero-order valence-corrected chi connectivity index (χ0v) is 12.5. The summed E-state index contributed by atoms with van der Waals surface area (Å²) in [6, 6.07) is 7.01. The van der Waals surface area contributed by atoms with Crippen molar-refractivity contribution in [2.24, 2.45) is 0 Å². The Hall–Kier alpha value is -2.34. The molecule has 5 nitrogen and oxygen atoms in total. The number of hydrogen-bond donors (Lipinski definition) is 3. The third kappa shape index (κ3) is 2.62. The van der Waals surface area contributed by atoms with Gasteiger partial charge in [-0.15, -0.1) is 0 Å². The number of carbonyl (C=O) groups excluding carboxylic acids is 1. The van der Waals surface area contributed by atoms with Crippen LogP contribution in [0, 0.1) is 6.92 Å². The lowest BCUT2D eigenvalue weighted by molar-refractivity contribution is 0.0692. The zero-order valence-electron chi connectivity index (χ0n) is 10.9. The molecule has 0 heterocycles. The molecule has 0 aliphatic heterocycles. The van der Waals surface area contributed by atoms with Gasteiger partial charge in [0.05, 0.1) is 15.6 Å². The predicted molar refractivity (Wildman–Crippen MR) is 79.0 cm³/mol. The number of carbonyl (C=O) groups is 2. The number of carboxylic acid groups (broad SMARTS) is 1. The average Bonchev–Trinajstić information content (AvgIpc) is 2.48. The van der Waals surface area contributed by atoms with Crippen molar-refractivity contribution in [2.45, 2.75) is 6.92 Å². The van der Waals surface area contributed by atoms with Crippen molar-refractivity contribution in [3.8, 4) is 11.5 Å². The van der Waals surface area contributed by atoms with Crippen LogP contribution in [0.2, 0.25) is 0 Å². The quantitative estimate of drug-likeness (QED) is 0.739. The summed E-state index contributed by atoms with van der Waals surface area (Å²) in [6.07, 6.45) is 0. The van der Waals surface area contributed by atoms with E-state index in [4.69, 9.17) is 5.11 Å². The fraction of sp³-hybridized carbons (Fsp3) is 0.0667. The first kappa shape index (κ1) is 15.1. The van der Waals surface area contributed by atoms with Gasteiger partial charge in [-0.25, -0.2) is 4.79 Å². The molecule has 21 heavy (non-hydrogen) atoms. The van der Waals surface area contributed by atoms with E-state index in [1.807, 2.05) is 0 Å². The Labute approximate surface area is 128 Å². The molecule has 0 saturated heterocycles. The van der Waals surface area contributed by atoms with Gasteiger partial charge in [0, 0.05) is 11.1 Å². The molecule has 0 amide bonds. The number of carboxylic acids is 1. The van der Waals surface area contributed by atoms with E-state index >= 15 is 0 Å². The van der Waals surface area contributed by atoms with Gasteiger partial charge in [-0.05, 0) is 35.0 Å². The molecule has 0 spiro atoms. The van der Waals surface area contributed by atoms with Crippen molar-refractivity contribution in [3.63, 3.8) is 0 Å². The molecule has 0 saturated carbocycles. The maximum absolute atomic E-state index is 12.5. The first-order valence-corrected chi connectivity index (χ1v) is 6.72. The number of aromatic hydroxyl groups is 2. The summed E-state index contributed by atoms with van der Waals surface area (Å²) in [5.74, 6) is -2.40. The maximum atomic E-state index is 12.5. The molecule has 0 radical (unpaired) electrons. The van der Waals surface area contributed by atoms with Crippen LogP contribution in [-0.4, -0.2) is 27.1 Å². The fourth-order valence-electron chi connectivity index (χ4n) is 1.94. The van der Waals surface area contributed by atoms with Gasteiger partial charge in [0.25, 0.3) is 0 Å². The van der Waals surface area contributed by atoms with Crippen LogP contribution < -0.4 is 0 Å². The molecule has 3 N–H and O–H groups in total. The Morgan fingerprint density at radius 3 is 2.14 bits per heavy atom. The highest BCUT2D eigenvalue weighted by Gasteiger charge is 2.23. The summed E-state index contributed by atoms with van der Waals surface area (Å²) in [4.78, 5) is 23.6. The summed E-state index contributed by atoms with van der Waals surface area (Å²) >= 11 is 3.09. The minimum Gasteiger partial charge on any atom is -0.507 e. The SMILES string of the molecule is Cc1c(O)c(Br)cc(C(=O)c2ccccc2C(=O)O)c1O. The van der Waals surface area contributed by atoms with Crippen molar-refractivity contribution in [2.75, 3.05) is 0 Å². The molecular weight excluding hydrogens is 340 g/mol. The number of halogens is 1. The van der Waals surface area contributed by atoms with E-state index in [9.17, 15) is 19.8 Å². The molecule has 6 heteroatoms. The lowest BCUT2D eigenvalue weighted by atomic mass is 9.96. The van der Waals surface area contributed by atoms with Crippen LogP contribution in [0.4, 0.5) is 0 Å². The molecule has 0 unspecified atom stereocenters. The number of phenols is 2. The van der Waals surface area contributed by atoms with Gasteiger partial charge in [-0.3, -0.25) is 4.79 Å². The number of hydrogen-bond acceptors (Lipinski definition) is 4. The number of phenolic OH excluding ortho intramolecular Hbond substituents is 2. The molecule has 0 aliphatic carbocycles. The van der Waals surface area contributed by atoms with Gasteiger partial charge in [-0.1, -0.05) is 18.2 Å². The highest BCUT2D eigenvalue weighted by Crippen LogP contribution is 2.37. The van der Waals surface area contributed by atoms with Crippen molar-refractivity contribution in [1.82, 2.24) is 0 Å². The Kier molecular flexibility index (Phi) is 3.99. The zero-order chi connectivity index (χ0) is 15.7. The van der Waals surface area contributed by atoms with Gasteiger partial charge >= 0.3 is 5.97 Å². The van der Waals surface area contributed by atoms with Crippen molar-refractivity contribution >= 4 is 27.7 Å². The first-order chi connectivity index (χ1) is 9.84. The summed E-state index contributed by atoms with van der Waals surface area (Å²) in [5, 5.41) is 28.8. The van der Waals surface area contributed by atoms with E-state index in [1.165, 1.54) is 31.2 Å². The molecule has 2 aromatic rings. The number of rotatable bonds is 3. The normalized spacial score (nSPS) is 10.4. The van der Waals surface area contributed by atoms with Gasteiger partial charge in [0.15, 0.2) is 5.78 Å².